The summed E-state index contributed by atoms with van der Waals surface area (Å²) in [5.41, 5.74) is 0.685. The lowest BCUT2D eigenvalue weighted by Crippen LogP contribution is -2.63. The molecule has 0 amide bonds. The van der Waals surface area contributed by atoms with Crippen LogP contribution < -0.4 is 0 Å². The van der Waals surface area contributed by atoms with Crippen molar-refractivity contribution in [2.75, 3.05) is 0 Å². The molecule has 4 fully saturated rings. The SMILES string of the molecule is CC12CC3CC(O)(CC(C1)C3=NO)O2. The fraction of sp³-hybridized carbons (Fsp3) is 0.900. The van der Waals surface area contributed by atoms with Crippen molar-refractivity contribution in [1.82, 2.24) is 0 Å². The molecule has 2 heterocycles. The standard InChI is InChI=1S/C10H15NO3/c1-9-2-6-4-10(12,14-9)5-7(3-9)8(6)11-13/h6-7,12-13H,2-5H2,1H3. The Kier molecular flexibility index (Phi) is 1.43. The number of ether oxygens (including phenoxy) is 1. The van der Waals surface area contributed by atoms with E-state index in [9.17, 15) is 5.11 Å². The first-order chi connectivity index (χ1) is 6.54. The van der Waals surface area contributed by atoms with Gasteiger partial charge in [0, 0.05) is 24.7 Å². The Hall–Kier alpha value is -0.610. The molecule has 0 radical (unpaired) electrons. The van der Waals surface area contributed by atoms with Crippen LogP contribution in [-0.4, -0.2) is 27.4 Å². The average Bonchev–Trinajstić information content (AvgIpc) is 1.97. The molecule has 2 unspecified atom stereocenters. The maximum absolute atomic E-state index is 10.1. The van der Waals surface area contributed by atoms with E-state index >= 15 is 0 Å². The zero-order valence-electron chi connectivity index (χ0n) is 8.23. The van der Waals surface area contributed by atoms with Crippen molar-refractivity contribution in [1.29, 1.82) is 0 Å². The van der Waals surface area contributed by atoms with Gasteiger partial charge < -0.3 is 15.1 Å². The third-order valence-corrected chi connectivity index (χ3v) is 3.88. The predicted octanol–water partition coefficient (Wildman–Crippen LogP) is 1.11. The summed E-state index contributed by atoms with van der Waals surface area (Å²) in [7, 11) is 0. The topological polar surface area (TPSA) is 62.1 Å². The quantitative estimate of drug-likeness (QED) is 0.451. The second-order valence-corrected chi connectivity index (χ2v) is 5.23. The monoisotopic (exact) mass is 197 g/mol. The van der Waals surface area contributed by atoms with Crippen molar-refractivity contribution in [3.8, 4) is 0 Å². The van der Waals surface area contributed by atoms with Gasteiger partial charge in [-0.25, -0.2) is 0 Å². The molecule has 2 saturated heterocycles. The van der Waals surface area contributed by atoms with E-state index in [-0.39, 0.29) is 17.4 Å². The summed E-state index contributed by atoms with van der Waals surface area (Å²) in [5.74, 6) is -0.512. The van der Waals surface area contributed by atoms with Crippen molar-refractivity contribution < 1.29 is 15.1 Å². The molecule has 4 heteroatoms. The molecule has 4 aliphatic rings. The fourth-order valence-electron chi connectivity index (χ4n) is 3.66. The summed E-state index contributed by atoms with van der Waals surface area (Å²) in [6.07, 6.45) is 2.95. The van der Waals surface area contributed by atoms with Gasteiger partial charge in [0.1, 0.15) is 0 Å². The first-order valence-electron chi connectivity index (χ1n) is 5.18. The van der Waals surface area contributed by atoms with E-state index in [0.717, 1.165) is 18.6 Å². The van der Waals surface area contributed by atoms with Crippen LogP contribution in [0.1, 0.15) is 32.6 Å². The molecule has 2 aliphatic carbocycles. The van der Waals surface area contributed by atoms with Crippen LogP contribution in [0.25, 0.3) is 0 Å². The van der Waals surface area contributed by atoms with Crippen molar-refractivity contribution in [2.45, 2.75) is 44.0 Å². The van der Waals surface area contributed by atoms with E-state index in [4.69, 9.17) is 9.94 Å². The highest BCUT2D eigenvalue weighted by molar-refractivity contribution is 5.90. The van der Waals surface area contributed by atoms with Crippen molar-refractivity contribution >= 4 is 5.71 Å². The molecule has 4 nitrogen and oxygen atoms in total. The van der Waals surface area contributed by atoms with Gasteiger partial charge in [0.25, 0.3) is 0 Å². The van der Waals surface area contributed by atoms with E-state index in [0.29, 0.717) is 12.8 Å². The Bertz CT molecular complexity index is 274. The van der Waals surface area contributed by atoms with Gasteiger partial charge >= 0.3 is 0 Å². The van der Waals surface area contributed by atoms with E-state index in [2.05, 4.69) is 5.16 Å². The molecule has 14 heavy (non-hydrogen) atoms. The Morgan fingerprint density at radius 3 is 2.29 bits per heavy atom. The maximum atomic E-state index is 10.1. The molecule has 0 aromatic carbocycles. The van der Waals surface area contributed by atoms with Crippen molar-refractivity contribution in [3.05, 3.63) is 0 Å². The zero-order valence-corrected chi connectivity index (χ0v) is 8.23. The van der Waals surface area contributed by atoms with E-state index in [1.165, 1.54) is 0 Å². The van der Waals surface area contributed by atoms with Crippen LogP contribution in [0.3, 0.4) is 0 Å². The third kappa shape index (κ3) is 0.982. The van der Waals surface area contributed by atoms with Crippen LogP contribution >= 0.6 is 0 Å². The lowest BCUT2D eigenvalue weighted by atomic mass is 9.60. The lowest BCUT2D eigenvalue weighted by Gasteiger charge is -2.58. The molecule has 0 aromatic rings. The third-order valence-electron chi connectivity index (χ3n) is 3.88. The van der Waals surface area contributed by atoms with Gasteiger partial charge in [-0.3, -0.25) is 0 Å². The molecular formula is C10H15NO3. The molecule has 78 valence electrons. The lowest BCUT2D eigenvalue weighted by molar-refractivity contribution is -0.330. The van der Waals surface area contributed by atoms with Gasteiger partial charge in [-0.05, 0) is 19.8 Å². The van der Waals surface area contributed by atoms with Crippen LogP contribution in [0.2, 0.25) is 0 Å². The summed E-state index contributed by atoms with van der Waals surface area (Å²) < 4.78 is 5.71. The fourth-order valence-corrected chi connectivity index (χ4v) is 3.66. The number of nitrogens with zero attached hydrogens (tertiary/aromatic N) is 1. The second kappa shape index (κ2) is 2.31. The maximum Gasteiger partial charge on any atom is 0.167 e. The summed E-state index contributed by atoms with van der Waals surface area (Å²) in [6, 6.07) is 0. The van der Waals surface area contributed by atoms with Gasteiger partial charge in [0.2, 0.25) is 0 Å². The molecule has 4 bridgehead atoms. The van der Waals surface area contributed by atoms with Gasteiger partial charge in [0.05, 0.1) is 11.3 Å². The Labute approximate surface area is 82.6 Å². The number of aliphatic hydroxyl groups is 1. The normalized spacial score (nSPS) is 55.1. The largest absolute Gasteiger partial charge is 0.411 e. The summed E-state index contributed by atoms with van der Waals surface area (Å²) in [6.45, 7) is 2.05. The summed E-state index contributed by atoms with van der Waals surface area (Å²) in [4.78, 5) is 0. The molecule has 2 N–H and O–H groups in total. The molecule has 4 rings (SSSR count). The minimum absolute atomic E-state index is 0.200. The number of rotatable bonds is 0. The van der Waals surface area contributed by atoms with Crippen LogP contribution in [-0.2, 0) is 4.74 Å². The van der Waals surface area contributed by atoms with Crippen LogP contribution in [0.15, 0.2) is 5.16 Å². The minimum Gasteiger partial charge on any atom is -0.411 e. The Morgan fingerprint density at radius 1 is 1.29 bits per heavy atom. The highest BCUT2D eigenvalue weighted by Crippen LogP contribution is 2.55. The average molecular weight is 197 g/mol. The zero-order chi connectivity index (χ0) is 9.97. The van der Waals surface area contributed by atoms with E-state index in [1.54, 1.807) is 0 Å². The number of oxime groups is 1. The molecule has 2 aliphatic heterocycles. The molecular weight excluding hydrogens is 182 g/mol. The second-order valence-electron chi connectivity index (χ2n) is 5.23. The van der Waals surface area contributed by atoms with Crippen LogP contribution in [0.5, 0.6) is 0 Å². The van der Waals surface area contributed by atoms with Gasteiger partial charge in [-0.15, -0.1) is 0 Å². The Balaban J connectivity index is 2.02. The highest BCUT2D eigenvalue weighted by Gasteiger charge is 2.59. The number of hydrogen-bond donors (Lipinski definition) is 2. The van der Waals surface area contributed by atoms with Gasteiger partial charge in [-0.2, -0.15) is 0 Å². The van der Waals surface area contributed by atoms with Crippen LogP contribution in [0, 0.1) is 11.8 Å². The number of hydrogen-bond acceptors (Lipinski definition) is 4. The van der Waals surface area contributed by atoms with Crippen LogP contribution in [0.4, 0.5) is 0 Å². The van der Waals surface area contributed by atoms with E-state index in [1.807, 2.05) is 6.92 Å². The Morgan fingerprint density at radius 2 is 1.86 bits per heavy atom. The minimum atomic E-state index is -0.950. The van der Waals surface area contributed by atoms with E-state index < -0.39 is 5.79 Å². The molecule has 2 saturated carbocycles. The highest BCUT2D eigenvalue weighted by atomic mass is 16.6. The van der Waals surface area contributed by atoms with Crippen molar-refractivity contribution in [3.63, 3.8) is 0 Å². The first kappa shape index (κ1) is 8.68. The van der Waals surface area contributed by atoms with Gasteiger partial charge in [0.15, 0.2) is 5.79 Å². The first-order valence-corrected chi connectivity index (χ1v) is 5.18. The summed E-state index contributed by atoms with van der Waals surface area (Å²) >= 11 is 0. The van der Waals surface area contributed by atoms with Crippen molar-refractivity contribution in [2.24, 2.45) is 17.0 Å². The molecule has 2 atom stereocenters. The van der Waals surface area contributed by atoms with Gasteiger partial charge in [-0.1, -0.05) is 5.16 Å². The molecule has 0 aromatic heterocycles. The predicted molar refractivity (Wildman–Crippen MR) is 49.1 cm³/mol. The summed E-state index contributed by atoms with van der Waals surface area (Å²) in [5, 5.41) is 22.5. The smallest absolute Gasteiger partial charge is 0.167 e. The molecule has 0 spiro atoms.